The van der Waals surface area contributed by atoms with E-state index in [0.29, 0.717) is 18.7 Å². The fourth-order valence-corrected chi connectivity index (χ4v) is 3.64. The fraction of sp³-hybridized carbons (Fsp3) is 0.636. The van der Waals surface area contributed by atoms with Crippen molar-refractivity contribution in [1.82, 2.24) is 16.0 Å². The van der Waals surface area contributed by atoms with Crippen LogP contribution in [-0.4, -0.2) is 49.3 Å². The largest absolute Gasteiger partial charge is 0.508 e. The molecule has 0 bridgehead atoms. The molecule has 0 aromatic heterocycles. The van der Waals surface area contributed by atoms with Crippen LogP contribution in [0.3, 0.4) is 0 Å². The van der Waals surface area contributed by atoms with Crippen molar-refractivity contribution in [3.05, 3.63) is 23.8 Å². The topological polar surface area (TPSA) is 95.0 Å². The van der Waals surface area contributed by atoms with E-state index in [1.165, 1.54) is 0 Å². The number of nitrogens with one attached hydrogen (secondary N) is 3. The summed E-state index contributed by atoms with van der Waals surface area (Å²) >= 11 is 0. The number of nitrogens with zero attached hydrogens (tertiary/aromatic N) is 1. The number of guanidine groups is 1. The Morgan fingerprint density at radius 2 is 2.14 bits per heavy atom. The van der Waals surface area contributed by atoms with Crippen LogP contribution in [0, 0.1) is 5.92 Å². The summed E-state index contributed by atoms with van der Waals surface area (Å²) in [5, 5.41) is 19.9. The molecule has 29 heavy (non-hydrogen) atoms. The van der Waals surface area contributed by atoms with Gasteiger partial charge in [0, 0.05) is 37.2 Å². The van der Waals surface area contributed by atoms with Gasteiger partial charge in [0.1, 0.15) is 11.5 Å². The first-order valence-corrected chi connectivity index (χ1v) is 10.6. The number of phenolic OH excluding ortho intramolecular Hbond substituents is 1. The van der Waals surface area contributed by atoms with Crippen molar-refractivity contribution >= 4 is 11.9 Å². The monoisotopic (exact) mass is 404 g/mol. The molecule has 0 aliphatic heterocycles. The zero-order chi connectivity index (χ0) is 21.2. The molecule has 2 rings (SSSR count). The van der Waals surface area contributed by atoms with Crippen LogP contribution in [0.1, 0.15) is 52.0 Å². The van der Waals surface area contributed by atoms with Gasteiger partial charge in [-0.15, -0.1) is 0 Å². The Bertz CT molecular complexity index is 691. The minimum absolute atomic E-state index is 0.0581. The van der Waals surface area contributed by atoms with Crippen LogP contribution < -0.4 is 20.7 Å². The fourth-order valence-electron chi connectivity index (χ4n) is 3.64. The molecule has 1 amide bonds. The highest BCUT2D eigenvalue weighted by atomic mass is 16.5. The highest BCUT2D eigenvalue weighted by molar-refractivity contribution is 5.81. The smallest absolute Gasteiger partial charge is 0.223 e. The molecule has 1 fully saturated rings. The van der Waals surface area contributed by atoms with E-state index in [1.54, 1.807) is 13.2 Å². The second-order valence-corrected chi connectivity index (χ2v) is 7.87. The number of aromatic hydroxyl groups is 1. The zero-order valence-corrected chi connectivity index (χ0v) is 18.1. The number of benzene rings is 1. The van der Waals surface area contributed by atoms with Gasteiger partial charge in [-0.05, 0) is 58.1 Å². The predicted octanol–water partition coefficient (Wildman–Crippen LogP) is 2.58. The number of phenols is 1. The summed E-state index contributed by atoms with van der Waals surface area (Å²) in [6.07, 6.45) is 4.47. The summed E-state index contributed by atoms with van der Waals surface area (Å²) in [5.41, 5.74) is 0.841. The van der Waals surface area contributed by atoms with Gasteiger partial charge in [0.2, 0.25) is 5.91 Å². The average Bonchev–Trinajstić information content (AvgIpc) is 2.69. The number of carbonyl (C=O) groups excluding carboxylic acids is 1. The van der Waals surface area contributed by atoms with E-state index in [0.717, 1.165) is 43.8 Å². The first-order chi connectivity index (χ1) is 13.9. The SMILES string of the molecule is CCNC(=NCCc1ccc(OC)cc1O)NC1CCCC(C(=O)NC(C)C)C1. The summed E-state index contributed by atoms with van der Waals surface area (Å²) in [6.45, 7) is 7.34. The van der Waals surface area contributed by atoms with Crippen molar-refractivity contribution < 1.29 is 14.6 Å². The van der Waals surface area contributed by atoms with Gasteiger partial charge in [0.05, 0.1) is 7.11 Å². The third-order valence-corrected chi connectivity index (χ3v) is 5.10. The second-order valence-electron chi connectivity index (χ2n) is 7.87. The number of aliphatic imine (C=N–C) groups is 1. The molecule has 1 aromatic carbocycles. The Kier molecular flexibility index (Phi) is 9.09. The number of methoxy groups -OCH3 is 1. The highest BCUT2D eigenvalue weighted by Gasteiger charge is 2.28. The van der Waals surface area contributed by atoms with Crippen LogP contribution in [0.25, 0.3) is 0 Å². The summed E-state index contributed by atoms with van der Waals surface area (Å²) in [5.74, 6) is 1.84. The quantitative estimate of drug-likeness (QED) is 0.395. The van der Waals surface area contributed by atoms with Crippen molar-refractivity contribution in [1.29, 1.82) is 0 Å². The summed E-state index contributed by atoms with van der Waals surface area (Å²) in [7, 11) is 1.58. The number of carbonyl (C=O) groups is 1. The van der Waals surface area contributed by atoms with E-state index in [9.17, 15) is 9.90 Å². The van der Waals surface area contributed by atoms with E-state index in [1.807, 2.05) is 32.9 Å². The molecule has 0 heterocycles. The maximum Gasteiger partial charge on any atom is 0.223 e. The molecular formula is C22H36N4O3. The van der Waals surface area contributed by atoms with E-state index >= 15 is 0 Å². The molecule has 0 spiro atoms. The van der Waals surface area contributed by atoms with Crippen molar-refractivity contribution in [2.45, 2.75) is 65.0 Å². The molecule has 162 valence electrons. The number of amides is 1. The van der Waals surface area contributed by atoms with Crippen LogP contribution in [0.5, 0.6) is 11.5 Å². The Labute approximate surface area is 174 Å². The van der Waals surface area contributed by atoms with Crippen LogP contribution in [0.2, 0.25) is 0 Å². The first-order valence-electron chi connectivity index (χ1n) is 10.6. The predicted molar refractivity (Wildman–Crippen MR) is 117 cm³/mol. The summed E-state index contributed by atoms with van der Waals surface area (Å²) in [6, 6.07) is 5.73. The van der Waals surface area contributed by atoms with Crippen LogP contribution in [0.15, 0.2) is 23.2 Å². The molecular weight excluding hydrogens is 368 g/mol. The maximum absolute atomic E-state index is 12.4. The Morgan fingerprint density at radius 1 is 1.34 bits per heavy atom. The molecule has 0 radical (unpaired) electrons. The van der Waals surface area contributed by atoms with Gasteiger partial charge in [0.25, 0.3) is 0 Å². The van der Waals surface area contributed by atoms with E-state index in [2.05, 4.69) is 20.9 Å². The van der Waals surface area contributed by atoms with Crippen molar-refractivity contribution in [3.8, 4) is 11.5 Å². The first kappa shape index (κ1) is 22.8. The highest BCUT2D eigenvalue weighted by Crippen LogP contribution is 2.25. The second kappa shape index (κ2) is 11.5. The number of rotatable bonds is 8. The lowest BCUT2D eigenvalue weighted by Crippen LogP contribution is -2.47. The Balaban J connectivity index is 1.92. The minimum atomic E-state index is 0.0581. The van der Waals surface area contributed by atoms with E-state index < -0.39 is 0 Å². The van der Waals surface area contributed by atoms with Crippen molar-refractivity contribution in [2.24, 2.45) is 10.9 Å². The molecule has 1 aliphatic carbocycles. The molecule has 1 aromatic rings. The van der Waals surface area contributed by atoms with Crippen molar-refractivity contribution in [2.75, 3.05) is 20.2 Å². The third kappa shape index (κ3) is 7.48. The molecule has 7 heteroatoms. The van der Waals surface area contributed by atoms with E-state index in [-0.39, 0.29) is 29.7 Å². The number of hydrogen-bond donors (Lipinski definition) is 4. The van der Waals surface area contributed by atoms with Gasteiger partial charge < -0.3 is 25.8 Å². The van der Waals surface area contributed by atoms with Crippen molar-refractivity contribution in [3.63, 3.8) is 0 Å². The van der Waals surface area contributed by atoms with Crippen LogP contribution in [0.4, 0.5) is 0 Å². The maximum atomic E-state index is 12.4. The average molecular weight is 405 g/mol. The molecule has 7 nitrogen and oxygen atoms in total. The lowest BCUT2D eigenvalue weighted by atomic mass is 9.85. The van der Waals surface area contributed by atoms with Gasteiger partial charge in [-0.1, -0.05) is 12.5 Å². The molecule has 2 atom stereocenters. The lowest BCUT2D eigenvalue weighted by Gasteiger charge is -2.30. The van der Waals surface area contributed by atoms with E-state index in [4.69, 9.17) is 4.74 Å². The standard InChI is InChI=1S/C22H36N4O3/c1-5-23-22(24-12-11-16-9-10-19(29-4)14-20(16)27)26-18-8-6-7-17(13-18)21(28)25-15(2)3/h9-10,14-15,17-18,27H,5-8,11-13H2,1-4H3,(H,25,28)(H2,23,24,26). The van der Waals surface area contributed by atoms with Gasteiger partial charge >= 0.3 is 0 Å². The molecule has 4 N–H and O–H groups in total. The minimum Gasteiger partial charge on any atom is -0.508 e. The molecule has 1 saturated carbocycles. The normalized spacial score (nSPS) is 19.7. The molecule has 1 aliphatic rings. The van der Waals surface area contributed by atoms with Crippen LogP contribution in [-0.2, 0) is 11.2 Å². The van der Waals surface area contributed by atoms with Gasteiger partial charge in [-0.3, -0.25) is 9.79 Å². The van der Waals surface area contributed by atoms with Crippen LogP contribution >= 0.6 is 0 Å². The Morgan fingerprint density at radius 3 is 2.79 bits per heavy atom. The number of ether oxygens (including phenoxy) is 1. The molecule has 2 unspecified atom stereocenters. The van der Waals surface area contributed by atoms with Gasteiger partial charge in [0.15, 0.2) is 5.96 Å². The summed E-state index contributed by atoms with van der Waals surface area (Å²) < 4.78 is 5.12. The number of hydrogen-bond acceptors (Lipinski definition) is 4. The van der Waals surface area contributed by atoms with Gasteiger partial charge in [-0.25, -0.2) is 0 Å². The van der Waals surface area contributed by atoms with Gasteiger partial charge in [-0.2, -0.15) is 0 Å². The summed E-state index contributed by atoms with van der Waals surface area (Å²) in [4.78, 5) is 17.0. The lowest BCUT2D eigenvalue weighted by molar-refractivity contribution is -0.126. The third-order valence-electron chi connectivity index (χ3n) is 5.10. The molecule has 0 saturated heterocycles. The Hall–Kier alpha value is -2.44. The zero-order valence-electron chi connectivity index (χ0n) is 18.1.